The maximum atomic E-state index is 12.6. The van der Waals surface area contributed by atoms with E-state index in [1.165, 1.54) is 0 Å². The molecule has 0 spiro atoms. The average Bonchev–Trinajstić information content (AvgIpc) is 2.86. The Bertz CT molecular complexity index is 637. The zero-order valence-corrected chi connectivity index (χ0v) is 15.9. The number of carbonyl (C=O) groups excluding carboxylic acids is 2. The fourth-order valence-corrected chi connectivity index (χ4v) is 3.86. The minimum atomic E-state index is -0.0348. The molecule has 142 valence electrons. The van der Waals surface area contributed by atoms with Crippen LogP contribution >= 0.6 is 11.6 Å². The number of hydrogen-bond acceptors (Lipinski definition) is 3. The van der Waals surface area contributed by atoms with E-state index in [0.717, 1.165) is 36.4 Å². The van der Waals surface area contributed by atoms with E-state index in [2.05, 4.69) is 0 Å². The van der Waals surface area contributed by atoms with E-state index < -0.39 is 0 Å². The number of ether oxygens (including phenoxy) is 1. The number of morpholine rings is 1. The van der Waals surface area contributed by atoms with Gasteiger partial charge in [-0.3, -0.25) is 9.59 Å². The van der Waals surface area contributed by atoms with E-state index >= 15 is 0 Å². The molecule has 0 aromatic heterocycles. The molecule has 2 aliphatic heterocycles. The lowest BCUT2D eigenvalue weighted by Gasteiger charge is -2.33. The Labute approximate surface area is 160 Å². The molecule has 2 fully saturated rings. The third-order valence-corrected chi connectivity index (χ3v) is 5.53. The second-order valence-electron chi connectivity index (χ2n) is 7.07. The highest BCUT2D eigenvalue weighted by atomic mass is 35.5. The van der Waals surface area contributed by atoms with Crippen LogP contribution in [0.15, 0.2) is 24.3 Å². The van der Waals surface area contributed by atoms with Crippen LogP contribution < -0.4 is 0 Å². The molecule has 2 aliphatic rings. The predicted molar refractivity (Wildman–Crippen MR) is 101 cm³/mol. The van der Waals surface area contributed by atoms with Gasteiger partial charge in [-0.05, 0) is 24.5 Å². The van der Waals surface area contributed by atoms with Gasteiger partial charge >= 0.3 is 0 Å². The Morgan fingerprint density at radius 3 is 2.88 bits per heavy atom. The number of likely N-dealkylation sites (tertiary alicyclic amines) is 1. The average molecular weight is 379 g/mol. The maximum Gasteiger partial charge on any atom is 0.224 e. The first-order chi connectivity index (χ1) is 12.6. The van der Waals surface area contributed by atoms with Crippen molar-refractivity contribution in [3.8, 4) is 0 Å². The van der Waals surface area contributed by atoms with Gasteiger partial charge in [0.25, 0.3) is 0 Å². The Hall–Kier alpha value is -1.59. The zero-order valence-electron chi connectivity index (χ0n) is 15.2. The third kappa shape index (κ3) is 5.21. The van der Waals surface area contributed by atoms with Crippen LogP contribution in [0, 0.1) is 0 Å². The molecule has 0 aliphatic carbocycles. The van der Waals surface area contributed by atoms with Crippen LogP contribution in [-0.4, -0.2) is 60.5 Å². The van der Waals surface area contributed by atoms with E-state index in [-0.39, 0.29) is 17.9 Å². The molecular weight excluding hydrogens is 352 g/mol. The summed E-state index contributed by atoms with van der Waals surface area (Å²) in [7, 11) is 0. The second-order valence-corrected chi connectivity index (χ2v) is 7.48. The van der Waals surface area contributed by atoms with Crippen molar-refractivity contribution in [1.82, 2.24) is 9.80 Å². The van der Waals surface area contributed by atoms with Crippen LogP contribution in [0.2, 0.25) is 5.02 Å². The lowest BCUT2D eigenvalue weighted by Crippen LogP contribution is -2.47. The van der Waals surface area contributed by atoms with Crippen LogP contribution in [0.25, 0.3) is 0 Å². The molecule has 6 heteroatoms. The number of hydrogen-bond donors (Lipinski definition) is 0. The third-order valence-electron chi connectivity index (χ3n) is 5.16. The maximum absolute atomic E-state index is 12.6. The normalized spacial score (nSPS) is 21.6. The van der Waals surface area contributed by atoms with Gasteiger partial charge in [-0.2, -0.15) is 0 Å². The molecule has 0 bridgehead atoms. The highest BCUT2D eigenvalue weighted by molar-refractivity contribution is 6.31. The van der Waals surface area contributed by atoms with Crippen LogP contribution in [0.5, 0.6) is 0 Å². The van der Waals surface area contributed by atoms with Crippen LogP contribution in [0.1, 0.15) is 37.7 Å². The molecule has 0 radical (unpaired) electrons. The first kappa shape index (κ1) is 19.2. The predicted octanol–water partition coefficient (Wildman–Crippen LogP) is 2.90. The standard InChI is InChI=1S/C20H27ClN2O3/c21-18-7-4-3-6-16(18)14-17-15-23(12-13-26-17)20(25)9-11-22-10-5-1-2-8-19(22)24/h3-4,6-7,17H,1-2,5,8-15H2/t17-/m1/s1. The zero-order chi connectivity index (χ0) is 18.4. The van der Waals surface area contributed by atoms with Crippen molar-refractivity contribution in [1.29, 1.82) is 0 Å². The smallest absolute Gasteiger partial charge is 0.224 e. The van der Waals surface area contributed by atoms with Crippen molar-refractivity contribution in [3.05, 3.63) is 34.9 Å². The van der Waals surface area contributed by atoms with Crippen molar-refractivity contribution in [2.24, 2.45) is 0 Å². The quantitative estimate of drug-likeness (QED) is 0.791. The fourth-order valence-electron chi connectivity index (χ4n) is 3.64. The van der Waals surface area contributed by atoms with Gasteiger partial charge in [-0.15, -0.1) is 0 Å². The number of benzene rings is 1. The van der Waals surface area contributed by atoms with Crippen molar-refractivity contribution >= 4 is 23.4 Å². The summed E-state index contributed by atoms with van der Waals surface area (Å²) in [4.78, 5) is 28.4. The number of halogens is 1. The van der Waals surface area contributed by atoms with Gasteiger partial charge in [-0.1, -0.05) is 36.2 Å². The molecule has 5 nitrogen and oxygen atoms in total. The second kappa shape index (κ2) is 9.38. The largest absolute Gasteiger partial charge is 0.374 e. The van der Waals surface area contributed by atoms with E-state index in [1.54, 1.807) is 0 Å². The van der Waals surface area contributed by atoms with Gasteiger partial charge in [0.05, 0.1) is 12.7 Å². The summed E-state index contributed by atoms with van der Waals surface area (Å²) in [5, 5.41) is 0.735. The highest BCUT2D eigenvalue weighted by Crippen LogP contribution is 2.20. The number of nitrogens with zero attached hydrogens (tertiary/aromatic N) is 2. The first-order valence-electron chi connectivity index (χ1n) is 9.54. The highest BCUT2D eigenvalue weighted by Gasteiger charge is 2.26. The van der Waals surface area contributed by atoms with Gasteiger partial charge in [0, 0.05) is 50.5 Å². The minimum Gasteiger partial charge on any atom is -0.374 e. The van der Waals surface area contributed by atoms with Crippen LogP contribution in [0.4, 0.5) is 0 Å². The number of carbonyl (C=O) groups is 2. The molecule has 0 saturated carbocycles. The summed E-state index contributed by atoms with van der Waals surface area (Å²) in [6, 6.07) is 7.75. The fraction of sp³-hybridized carbons (Fsp3) is 0.600. The molecule has 26 heavy (non-hydrogen) atoms. The molecule has 1 atom stereocenters. The van der Waals surface area contributed by atoms with Crippen molar-refractivity contribution in [3.63, 3.8) is 0 Å². The van der Waals surface area contributed by atoms with Crippen LogP contribution in [-0.2, 0) is 20.7 Å². The Balaban J connectivity index is 1.49. The molecule has 1 aromatic carbocycles. The molecule has 1 aromatic rings. The van der Waals surface area contributed by atoms with E-state index in [1.807, 2.05) is 34.1 Å². The van der Waals surface area contributed by atoms with E-state index in [0.29, 0.717) is 45.5 Å². The first-order valence-corrected chi connectivity index (χ1v) is 9.92. The molecule has 3 rings (SSSR count). The Morgan fingerprint density at radius 1 is 1.19 bits per heavy atom. The van der Waals surface area contributed by atoms with Crippen LogP contribution in [0.3, 0.4) is 0 Å². The molecule has 0 unspecified atom stereocenters. The molecule has 2 amide bonds. The summed E-state index contributed by atoms with van der Waals surface area (Å²) in [6.45, 7) is 3.06. The van der Waals surface area contributed by atoms with Gasteiger partial charge in [-0.25, -0.2) is 0 Å². The summed E-state index contributed by atoms with van der Waals surface area (Å²) < 4.78 is 5.83. The molecule has 2 heterocycles. The van der Waals surface area contributed by atoms with Gasteiger partial charge in [0.1, 0.15) is 0 Å². The van der Waals surface area contributed by atoms with E-state index in [9.17, 15) is 9.59 Å². The molecular formula is C20H27ClN2O3. The Morgan fingerprint density at radius 2 is 2.04 bits per heavy atom. The number of amides is 2. The molecule has 2 saturated heterocycles. The lowest BCUT2D eigenvalue weighted by atomic mass is 10.1. The van der Waals surface area contributed by atoms with Crippen molar-refractivity contribution in [2.75, 3.05) is 32.8 Å². The summed E-state index contributed by atoms with van der Waals surface area (Å²) in [5.74, 6) is 0.295. The van der Waals surface area contributed by atoms with Crippen molar-refractivity contribution < 1.29 is 14.3 Å². The van der Waals surface area contributed by atoms with Gasteiger partial charge in [0.2, 0.25) is 11.8 Å². The monoisotopic (exact) mass is 378 g/mol. The SMILES string of the molecule is O=C1CCCCCN1CCC(=O)N1CCO[C@H](Cc2ccccc2Cl)C1. The van der Waals surface area contributed by atoms with Gasteiger partial charge < -0.3 is 14.5 Å². The lowest BCUT2D eigenvalue weighted by molar-refractivity contribution is -0.140. The molecule has 0 N–H and O–H groups in total. The summed E-state index contributed by atoms with van der Waals surface area (Å²) in [6.07, 6.45) is 4.79. The van der Waals surface area contributed by atoms with Crippen molar-refractivity contribution in [2.45, 2.75) is 44.6 Å². The Kier molecular flexibility index (Phi) is 6.92. The minimum absolute atomic E-state index is 0.0348. The topological polar surface area (TPSA) is 49.9 Å². The van der Waals surface area contributed by atoms with E-state index in [4.69, 9.17) is 16.3 Å². The summed E-state index contributed by atoms with van der Waals surface area (Å²) in [5.41, 5.74) is 1.05. The van der Waals surface area contributed by atoms with Gasteiger partial charge in [0.15, 0.2) is 0 Å². The number of rotatable bonds is 5. The summed E-state index contributed by atoms with van der Waals surface area (Å²) >= 11 is 6.23.